The molecule has 1 aliphatic carbocycles. The highest BCUT2D eigenvalue weighted by Crippen LogP contribution is 2.39. The Morgan fingerprint density at radius 1 is 0.789 bits per heavy atom. The number of aromatic nitrogens is 4. The molecule has 1 aliphatic heterocycles. The monoisotopic (exact) mass is 501 g/mol. The van der Waals surface area contributed by atoms with E-state index in [2.05, 4.69) is 69.0 Å². The van der Waals surface area contributed by atoms with Gasteiger partial charge in [-0.05, 0) is 86.2 Å². The van der Waals surface area contributed by atoms with E-state index in [0.717, 1.165) is 65.4 Å². The van der Waals surface area contributed by atoms with E-state index < -0.39 is 0 Å². The quantitative estimate of drug-likeness (QED) is 0.322. The number of pyridine rings is 2. The number of hydrogen-bond donors (Lipinski definition) is 2. The van der Waals surface area contributed by atoms with Crippen LogP contribution in [-0.2, 0) is 5.54 Å². The lowest BCUT2D eigenvalue weighted by atomic mass is 9.73. The molecule has 5 aromatic rings. The normalized spacial score (nSPS) is 16.6. The van der Waals surface area contributed by atoms with Crippen LogP contribution in [0.4, 0.5) is 11.5 Å². The van der Waals surface area contributed by atoms with Crippen LogP contribution >= 0.6 is 0 Å². The van der Waals surface area contributed by atoms with Gasteiger partial charge < -0.3 is 16.4 Å². The van der Waals surface area contributed by atoms with E-state index >= 15 is 0 Å². The SMILES string of the molecule is Nc1ncccc1-c1nc2ccc(-c3cccc(N4CCCC4)c3)nc2n1-c1ccc(C2(N)CCC2)cc1. The van der Waals surface area contributed by atoms with E-state index in [4.69, 9.17) is 21.4 Å². The van der Waals surface area contributed by atoms with Crippen molar-refractivity contribution in [2.24, 2.45) is 5.73 Å². The molecule has 7 nitrogen and oxygen atoms in total. The van der Waals surface area contributed by atoms with Crippen LogP contribution in [0.2, 0.25) is 0 Å². The summed E-state index contributed by atoms with van der Waals surface area (Å²) in [5, 5.41) is 0. The van der Waals surface area contributed by atoms with Crippen LogP contribution in [0.1, 0.15) is 37.7 Å². The largest absolute Gasteiger partial charge is 0.383 e. The van der Waals surface area contributed by atoms with Gasteiger partial charge in [0.2, 0.25) is 0 Å². The van der Waals surface area contributed by atoms with Crippen LogP contribution in [0.25, 0.3) is 39.5 Å². The Bertz CT molecular complexity index is 1630. The van der Waals surface area contributed by atoms with Crippen LogP contribution in [0.15, 0.2) is 79.0 Å². The predicted octanol–water partition coefficient (Wildman–Crippen LogP) is 5.67. The Morgan fingerprint density at radius 2 is 1.61 bits per heavy atom. The summed E-state index contributed by atoms with van der Waals surface area (Å²) in [5.41, 5.74) is 20.5. The maximum Gasteiger partial charge on any atom is 0.165 e. The summed E-state index contributed by atoms with van der Waals surface area (Å²) in [4.78, 5) is 16.9. The first-order chi connectivity index (χ1) is 18.6. The molecular formula is C31H31N7. The first-order valence-corrected chi connectivity index (χ1v) is 13.4. The number of fused-ring (bicyclic) bond motifs is 1. The highest BCUT2D eigenvalue weighted by Gasteiger charge is 2.34. The maximum atomic E-state index is 6.61. The Balaban J connectivity index is 1.38. The average molecular weight is 502 g/mol. The molecule has 1 saturated heterocycles. The van der Waals surface area contributed by atoms with Crippen molar-refractivity contribution in [3.05, 3.63) is 84.6 Å². The molecule has 0 bridgehead atoms. The number of nitrogens with two attached hydrogens (primary N) is 2. The number of rotatable bonds is 5. The first kappa shape index (κ1) is 22.9. The van der Waals surface area contributed by atoms with Crippen molar-refractivity contribution in [3.63, 3.8) is 0 Å². The summed E-state index contributed by atoms with van der Waals surface area (Å²) in [6.45, 7) is 2.22. The molecule has 0 unspecified atom stereocenters. The number of nitrogen functional groups attached to an aromatic ring is 1. The molecule has 1 saturated carbocycles. The van der Waals surface area contributed by atoms with Crippen molar-refractivity contribution in [1.82, 2.24) is 19.5 Å². The molecule has 3 aromatic heterocycles. The van der Waals surface area contributed by atoms with Gasteiger partial charge in [0.15, 0.2) is 11.5 Å². The Morgan fingerprint density at radius 3 is 2.34 bits per heavy atom. The topological polar surface area (TPSA) is 98.9 Å². The van der Waals surface area contributed by atoms with E-state index in [1.54, 1.807) is 6.20 Å². The molecule has 7 rings (SSSR count). The molecule has 0 atom stereocenters. The Labute approximate surface area is 222 Å². The van der Waals surface area contributed by atoms with Gasteiger partial charge in [0.05, 0.1) is 11.3 Å². The molecule has 0 spiro atoms. The van der Waals surface area contributed by atoms with E-state index in [1.165, 1.54) is 30.5 Å². The van der Waals surface area contributed by atoms with Gasteiger partial charge in [0.25, 0.3) is 0 Å². The number of nitrogens with zero attached hydrogens (tertiary/aromatic N) is 5. The molecule has 2 fully saturated rings. The third kappa shape index (κ3) is 3.82. The van der Waals surface area contributed by atoms with Gasteiger partial charge in [-0.1, -0.05) is 24.3 Å². The van der Waals surface area contributed by atoms with Crippen LogP contribution in [-0.4, -0.2) is 32.6 Å². The lowest BCUT2D eigenvalue weighted by Gasteiger charge is -2.38. The summed E-state index contributed by atoms with van der Waals surface area (Å²) in [5.74, 6) is 1.16. The van der Waals surface area contributed by atoms with Gasteiger partial charge in [-0.3, -0.25) is 4.57 Å². The second-order valence-corrected chi connectivity index (χ2v) is 10.5. The minimum atomic E-state index is -0.210. The predicted molar refractivity (Wildman–Crippen MR) is 153 cm³/mol. The number of hydrogen-bond acceptors (Lipinski definition) is 6. The Hall–Kier alpha value is -4.23. The smallest absolute Gasteiger partial charge is 0.165 e. The zero-order valence-electron chi connectivity index (χ0n) is 21.3. The zero-order valence-corrected chi connectivity index (χ0v) is 21.3. The van der Waals surface area contributed by atoms with E-state index in [-0.39, 0.29) is 5.54 Å². The lowest BCUT2D eigenvalue weighted by Crippen LogP contribution is -2.43. The van der Waals surface area contributed by atoms with Gasteiger partial charge in [-0.15, -0.1) is 0 Å². The van der Waals surface area contributed by atoms with Crippen molar-refractivity contribution in [2.75, 3.05) is 23.7 Å². The van der Waals surface area contributed by atoms with Gasteiger partial charge in [0, 0.05) is 41.8 Å². The van der Waals surface area contributed by atoms with Gasteiger partial charge in [-0.2, -0.15) is 0 Å². The Kier molecular flexibility index (Phi) is 5.40. The lowest BCUT2D eigenvalue weighted by molar-refractivity contribution is 0.253. The second kappa shape index (κ2) is 8.96. The summed E-state index contributed by atoms with van der Waals surface area (Å²) in [6, 6.07) is 25.1. The highest BCUT2D eigenvalue weighted by molar-refractivity contribution is 5.84. The van der Waals surface area contributed by atoms with Crippen molar-refractivity contribution < 1.29 is 0 Å². The molecule has 4 N–H and O–H groups in total. The van der Waals surface area contributed by atoms with Crippen molar-refractivity contribution in [2.45, 2.75) is 37.6 Å². The van der Waals surface area contributed by atoms with Crippen molar-refractivity contribution >= 4 is 22.7 Å². The first-order valence-electron chi connectivity index (χ1n) is 13.4. The molecule has 0 amide bonds. The fourth-order valence-electron chi connectivity index (χ4n) is 5.78. The van der Waals surface area contributed by atoms with Crippen molar-refractivity contribution in [1.29, 1.82) is 0 Å². The number of benzene rings is 2. The molecule has 2 aliphatic rings. The van der Waals surface area contributed by atoms with E-state index in [9.17, 15) is 0 Å². The minimum absolute atomic E-state index is 0.210. The van der Waals surface area contributed by atoms with Crippen molar-refractivity contribution in [3.8, 4) is 28.3 Å². The molecule has 7 heteroatoms. The summed E-state index contributed by atoms with van der Waals surface area (Å²) in [7, 11) is 0. The molecular weight excluding hydrogens is 470 g/mol. The third-order valence-electron chi connectivity index (χ3n) is 8.14. The van der Waals surface area contributed by atoms with Crippen LogP contribution in [0.5, 0.6) is 0 Å². The summed E-state index contributed by atoms with van der Waals surface area (Å²) < 4.78 is 2.09. The minimum Gasteiger partial charge on any atom is -0.383 e. The molecule has 0 radical (unpaired) electrons. The van der Waals surface area contributed by atoms with Crippen LogP contribution in [0, 0.1) is 0 Å². The van der Waals surface area contributed by atoms with Gasteiger partial charge >= 0.3 is 0 Å². The third-order valence-corrected chi connectivity index (χ3v) is 8.14. The number of anilines is 2. The van der Waals surface area contributed by atoms with E-state index in [0.29, 0.717) is 5.82 Å². The van der Waals surface area contributed by atoms with Gasteiger partial charge in [-0.25, -0.2) is 15.0 Å². The fraction of sp³-hybridized carbons (Fsp3) is 0.258. The maximum absolute atomic E-state index is 6.61. The number of imidazole rings is 1. The van der Waals surface area contributed by atoms with Crippen LogP contribution in [0.3, 0.4) is 0 Å². The molecule has 2 aromatic carbocycles. The second-order valence-electron chi connectivity index (χ2n) is 10.5. The summed E-state index contributed by atoms with van der Waals surface area (Å²) >= 11 is 0. The zero-order chi connectivity index (χ0) is 25.7. The van der Waals surface area contributed by atoms with Gasteiger partial charge in [0.1, 0.15) is 11.3 Å². The van der Waals surface area contributed by atoms with E-state index in [1.807, 2.05) is 18.2 Å². The fourth-order valence-corrected chi connectivity index (χ4v) is 5.78. The molecule has 190 valence electrons. The highest BCUT2D eigenvalue weighted by atomic mass is 15.1. The molecule has 4 heterocycles. The molecule has 38 heavy (non-hydrogen) atoms. The van der Waals surface area contributed by atoms with Crippen LogP contribution < -0.4 is 16.4 Å². The average Bonchev–Trinajstić information content (AvgIpc) is 3.60. The summed E-state index contributed by atoms with van der Waals surface area (Å²) in [6.07, 6.45) is 7.43. The standard InChI is InChI=1S/C31H31N7/c32-28-25(8-4-17-34-28)29-36-27-14-13-26(21-6-3-7-24(20-21)37-18-1-2-19-37)35-30(27)38(29)23-11-9-22(10-12-23)31(33)15-5-16-31/h3-4,6-14,17,20H,1-2,5,15-16,18-19,33H2,(H2,32,34).